The first kappa shape index (κ1) is 17.1. The molecule has 0 saturated heterocycles. The van der Waals surface area contributed by atoms with Gasteiger partial charge in [-0.3, -0.25) is 4.79 Å². The fourth-order valence-corrected chi connectivity index (χ4v) is 2.62. The van der Waals surface area contributed by atoms with Crippen molar-refractivity contribution in [3.8, 4) is 0 Å². The molecule has 0 radical (unpaired) electrons. The summed E-state index contributed by atoms with van der Waals surface area (Å²) >= 11 is 0. The Labute approximate surface area is 123 Å². The van der Waals surface area contributed by atoms with Gasteiger partial charge < -0.3 is 10.4 Å². The van der Waals surface area contributed by atoms with Crippen molar-refractivity contribution in [3.05, 3.63) is 29.3 Å². The highest BCUT2D eigenvalue weighted by Gasteiger charge is 2.18. The number of benzene rings is 1. The van der Waals surface area contributed by atoms with Gasteiger partial charge in [0.15, 0.2) is 0 Å². The van der Waals surface area contributed by atoms with Crippen LogP contribution < -0.4 is 10.0 Å². The second-order valence-electron chi connectivity index (χ2n) is 4.83. The Kier molecular flexibility index (Phi) is 5.45. The minimum atomic E-state index is -3.94. The van der Waals surface area contributed by atoms with Crippen LogP contribution in [0.1, 0.15) is 29.8 Å². The highest BCUT2D eigenvalue weighted by molar-refractivity contribution is 7.89. The molecule has 1 amide bonds. The highest BCUT2D eigenvalue weighted by Crippen LogP contribution is 2.15. The Morgan fingerprint density at radius 1 is 1.29 bits per heavy atom. The maximum atomic E-state index is 12.0. The Bertz CT molecular complexity index is 653. The first-order valence-electron chi connectivity index (χ1n) is 6.26. The molecule has 8 heteroatoms. The molecule has 7 nitrogen and oxygen atoms in total. The molecule has 3 N–H and O–H groups in total. The zero-order chi connectivity index (χ0) is 16.2. The van der Waals surface area contributed by atoms with Crippen LogP contribution in [0.2, 0.25) is 0 Å². The number of sulfonamides is 1. The number of aryl methyl sites for hydroxylation is 1. The van der Waals surface area contributed by atoms with E-state index in [9.17, 15) is 18.0 Å². The predicted octanol–water partition coefficient (Wildman–Crippen LogP) is 0.496. The van der Waals surface area contributed by atoms with Gasteiger partial charge in [-0.1, -0.05) is 6.07 Å². The SMILES string of the molecule is Cc1ccc(S(=O)(=O)NCC(=O)NC(C)C)cc1C(=O)O. The van der Waals surface area contributed by atoms with E-state index in [-0.39, 0.29) is 16.5 Å². The van der Waals surface area contributed by atoms with Crippen LogP contribution in [0, 0.1) is 6.92 Å². The maximum absolute atomic E-state index is 12.0. The number of carboxylic acids is 1. The number of aromatic carboxylic acids is 1. The lowest BCUT2D eigenvalue weighted by Gasteiger charge is -2.10. The fraction of sp³-hybridized carbons (Fsp3) is 0.385. The van der Waals surface area contributed by atoms with E-state index in [0.717, 1.165) is 6.07 Å². The van der Waals surface area contributed by atoms with E-state index in [1.54, 1.807) is 20.8 Å². The third-order valence-corrected chi connectivity index (χ3v) is 4.02. The van der Waals surface area contributed by atoms with Gasteiger partial charge in [-0.15, -0.1) is 0 Å². The quantitative estimate of drug-likeness (QED) is 0.707. The first-order valence-corrected chi connectivity index (χ1v) is 7.75. The van der Waals surface area contributed by atoms with Crippen molar-refractivity contribution in [2.24, 2.45) is 0 Å². The van der Waals surface area contributed by atoms with E-state index >= 15 is 0 Å². The lowest BCUT2D eigenvalue weighted by molar-refractivity contribution is -0.120. The Morgan fingerprint density at radius 3 is 2.43 bits per heavy atom. The molecule has 0 atom stereocenters. The molecule has 0 fully saturated rings. The summed E-state index contributed by atoms with van der Waals surface area (Å²) in [5.41, 5.74) is 0.364. The third kappa shape index (κ3) is 4.83. The molecule has 1 aromatic carbocycles. The van der Waals surface area contributed by atoms with Crippen LogP contribution in [0.15, 0.2) is 23.1 Å². The molecule has 0 aliphatic rings. The summed E-state index contributed by atoms with van der Waals surface area (Å²) in [5.74, 6) is -1.67. The van der Waals surface area contributed by atoms with Crippen LogP contribution >= 0.6 is 0 Å². The number of carbonyl (C=O) groups is 2. The van der Waals surface area contributed by atoms with Gasteiger partial charge in [-0.2, -0.15) is 0 Å². The van der Waals surface area contributed by atoms with E-state index in [2.05, 4.69) is 10.0 Å². The van der Waals surface area contributed by atoms with E-state index in [1.165, 1.54) is 12.1 Å². The number of rotatable bonds is 6. The number of carbonyl (C=O) groups excluding carboxylic acids is 1. The van der Waals surface area contributed by atoms with Crippen LogP contribution in [-0.2, 0) is 14.8 Å². The van der Waals surface area contributed by atoms with Crippen LogP contribution in [0.5, 0.6) is 0 Å². The predicted molar refractivity (Wildman–Crippen MR) is 76.6 cm³/mol. The van der Waals surface area contributed by atoms with Gasteiger partial charge in [0.1, 0.15) is 0 Å². The Hall–Kier alpha value is -1.93. The summed E-state index contributed by atoms with van der Waals surface area (Å²) in [6, 6.07) is 3.68. The molecule has 0 spiro atoms. The van der Waals surface area contributed by atoms with Gasteiger partial charge in [0.25, 0.3) is 0 Å². The van der Waals surface area contributed by atoms with Gasteiger partial charge in [-0.05, 0) is 38.5 Å². The summed E-state index contributed by atoms with van der Waals surface area (Å²) in [4.78, 5) is 22.2. The van der Waals surface area contributed by atoms with Crippen LogP contribution in [0.3, 0.4) is 0 Å². The summed E-state index contributed by atoms with van der Waals surface area (Å²) in [6.07, 6.45) is 0. The molecule has 0 aromatic heterocycles. The molecule has 116 valence electrons. The van der Waals surface area contributed by atoms with Crippen molar-refractivity contribution in [2.45, 2.75) is 31.7 Å². The number of nitrogens with one attached hydrogen (secondary N) is 2. The summed E-state index contributed by atoms with van der Waals surface area (Å²) in [7, 11) is -3.94. The molecule has 0 unspecified atom stereocenters. The van der Waals surface area contributed by atoms with Crippen molar-refractivity contribution in [1.29, 1.82) is 0 Å². The monoisotopic (exact) mass is 314 g/mol. The molecular weight excluding hydrogens is 296 g/mol. The second-order valence-corrected chi connectivity index (χ2v) is 6.60. The standard InChI is InChI=1S/C13H18N2O5S/c1-8(2)15-12(16)7-14-21(19,20)10-5-4-9(3)11(6-10)13(17)18/h4-6,8,14H,7H2,1-3H3,(H,15,16)(H,17,18). The van der Waals surface area contributed by atoms with Gasteiger partial charge in [0.2, 0.25) is 15.9 Å². The van der Waals surface area contributed by atoms with Crippen molar-refractivity contribution >= 4 is 21.9 Å². The molecule has 0 aliphatic heterocycles. The minimum absolute atomic E-state index is 0.0930. The average molecular weight is 314 g/mol. The third-order valence-electron chi connectivity index (χ3n) is 2.62. The van der Waals surface area contributed by atoms with Gasteiger partial charge in [0, 0.05) is 6.04 Å². The summed E-state index contributed by atoms with van der Waals surface area (Å²) < 4.78 is 26.2. The number of carboxylic acid groups (broad SMARTS) is 1. The molecule has 0 saturated carbocycles. The second kappa shape index (κ2) is 6.68. The van der Waals surface area contributed by atoms with E-state index in [4.69, 9.17) is 5.11 Å². The molecule has 21 heavy (non-hydrogen) atoms. The van der Waals surface area contributed by atoms with Crippen molar-refractivity contribution in [3.63, 3.8) is 0 Å². The topological polar surface area (TPSA) is 113 Å². The largest absolute Gasteiger partial charge is 0.478 e. The smallest absolute Gasteiger partial charge is 0.335 e. The van der Waals surface area contributed by atoms with Gasteiger partial charge in [0.05, 0.1) is 17.0 Å². The highest BCUT2D eigenvalue weighted by atomic mass is 32.2. The Morgan fingerprint density at radius 2 is 1.90 bits per heavy atom. The Balaban J connectivity index is 2.91. The van der Waals surface area contributed by atoms with Gasteiger partial charge >= 0.3 is 5.97 Å². The molecule has 1 aromatic rings. The molecule has 0 heterocycles. The zero-order valence-corrected chi connectivity index (χ0v) is 12.8. The fourth-order valence-electron chi connectivity index (χ4n) is 1.62. The van der Waals surface area contributed by atoms with Crippen molar-refractivity contribution in [1.82, 2.24) is 10.0 Å². The zero-order valence-electron chi connectivity index (χ0n) is 12.0. The lowest BCUT2D eigenvalue weighted by atomic mass is 10.1. The molecule has 0 aliphatic carbocycles. The first-order chi connectivity index (χ1) is 9.63. The van der Waals surface area contributed by atoms with E-state index < -0.39 is 28.4 Å². The average Bonchev–Trinajstić information content (AvgIpc) is 2.35. The van der Waals surface area contributed by atoms with Crippen LogP contribution in [0.25, 0.3) is 0 Å². The lowest BCUT2D eigenvalue weighted by Crippen LogP contribution is -2.39. The molecule has 1 rings (SSSR count). The molecule has 0 bridgehead atoms. The summed E-state index contributed by atoms with van der Waals surface area (Å²) in [5, 5.41) is 11.5. The minimum Gasteiger partial charge on any atom is -0.478 e. The van der Waals surface area contributed by atoms with E-state index in [0.29, 0.717) is 5.56 Å². The maximum Gasteiger partial charge on any atom is 0.335 e. The number of hydrogen-bond donors (Lipinski definition) is 3. The molecular formula is C13H18N2O5S. The number of amides is 1. The van der Waals surface area contributed by atoms with Crippen molar-refractivity contribution in [2.75, 3.05) is 6.54 Å². The van der Waals surface area contributed by atoms with Gasteiger partial charge in [-0.25, -0.2) is 17.9 Å². The summed E-state index contributed by atoms with van der Waals surface area (Å²) in [6.45, 7) is 4.68. The van der Waals surface area contributed by atoms with Crippen LogP contribution in [0.4, 0.5) is 0 Å². The van der Waals surface area contributed by atoms with E-state index in [1.807, 2.05) is 0 Å². The van der Waals surface area contributed by atoms with Crippen molar-refractivity contribution < 1.29 is 23.1 Å². The van der Waals surface area contributed by atoms with Crippen LogP contribution in [-0.4, -0.2) is 38.0 Å². The normalized spacial score (nSPS) is 11.4. The number of hydrogen-bond acceptors (Lipinski definition) is 4.